The third-order valence-electron chi connectivity index (χ3n) is 3.14. The van der Waals surface area contributed by atoms with E-state index in [1.165, 1.54) is 52.1 Å². The normalized spacial score (nSPS) is 11.6. The standard InChI is InChI=1S/C15H30O3/c1-5-6-7-8-9-10-11-12-13-18-15(2,3)14(16)17-4/h5-13H2,1-4H3. The van der Waals surface area contributed by atoms with E-state index in [2.05, 4.69) is 11.7 Å². The van der Waals surface area contributed by atoms with E-state index in [9.17, 15) is 4.79 Å². The summed E-state index contributed by atoms with van der Waals surface area (Å²) in [6, 6.07) is 0. The Bertz CT molecular complexity index is 212. The monoisotopic (exact) mass is 258 g/mol. The van der Waals surface area contributed by atoms with Gasteiger partial charge in [0, 0.05) is 6.61 Å². The Morgan fingerprint density at radius 1 is 0.944 bits per heavy atom. The zero-order valence-corrected chi connectivity index (χ0v) is 12.6. The number of hydrogen-bond acceptors (Lipinski definition) is 3. The first-order chi connectivity index (χ1) is 8.54. The molecular weight excluding hydrogens is 228 g/mol. The van der Waals surface area contributed by atoms with Crippen molar-refractivity contribution in [3.8, 4) is 0 Å². The van der Waals surface area contributed by atoms with Crippen LogP contribution in [0.15, 0.2) is 0 Å². The van der Waals surface area contributed by atoms with E-state index < -0.39 is 5.60 Å². The minimum Gasteiger partial charge on any atom is -0.467 e. The number of hydrogen-bond donors (Lipinski definition) is 0. The van der Waals surface area contributed by atoms with Crippen LogP contribution in [0.3, 0.4) is 0 Å². The van der Waals surface area contributed by atoms with Crippen LogP contribution in [0.1, 0.15) is 72.1 Å². The van der Waals surface area contributed by atoms with Crippen molar-refractivity contribution in [1.29, 1.82) is 0 Å². The minimum absolute atomic E-state index is 0.304. The van der Waals surface area contributed by atoms with Crippen molar-refractivity contribution in [3.63, 3.8) is 0 Å². The summed E-state index contributed by atoms with van der Waals surface area (Å²) in [5.41, 5.74) is -0.810. The summed E-state index contributed by atoms with van der Waals surface area (Å²) >= 11 is 0. The fraction of sp³-hybridized carbons (Fsp3) is 0.933. The van der Waals surface area contributed by atoms with Crippen LogP contribution in [0.2, 0.25) is 0 Å². The van der Waals surface area contributed by atoms with E-state index in [0.29, 0.717) is 6.61 Å². The summed E-state index contributed by atoms with van der Waals surface area (Å²) in [7, 11) is 1.39. The van der Waals surface area contributed by atoms with Crippen LogP contribution in [0.5, 0.6) is 0 Å². The lowest BCUT2D eigenvalue weighted by molar-refractivity contribution is -0.165. The van der Waals surface area contributed by atoms with Gasteiger partial charge in [0.25, 0.3) is 0 Å². The number of carbonyl (C=O) groups is 1. The zero-order chi connectivity index (χ0) is 13.9. The van der Waals surface area contributed by atoms with E-state index in [4.69, 9.17) is 4.74 Å². The molecule has 0 radical (unpaired) electrons. The molecule has 3 nitrogen and oxygen atoms in total. The van der Waals surface area contributed by atoms with Crippen LogP contribution in [0, 0.1) is 0 Å². The molecule has 0 aliphatic heterocycles. The second-order valence-electron chi connectivity index (χ2n) is 5.33. The molecule has 0 unspecified atom stereocenters. The molecule has 0 aromatic heterocycles. The Morgan fingerprint density at radius 3 is 1.94 bits per heavy atom. The Hall–Kier alpha value is -0.570. The maximum absolute atomic E-state index is 11.4. The number of unbranched alkanes of at least 4 members (excludes halogenated alkanes) is 7. The van der Waals surface area contributed by atoms with E-state index >= 15 is 0 Å². The number of ether oxygens (including phenoxy) is 2. The molecule has 3 heteroatoms. The van der Waals surface area contributed by atoms with Crippen molar-refractivity contribution >= 4 is 5.97 Å². The molecule has 0 aromatic rings. The highest BCUT2D eigenvalue weighted by Gasteiger charge is 2.29. The van der Waals surface area contributed by atoms with Crippen LogP contribution in [0.4, 0.5) is 0 Å². The second-order valence-corrected chi connectivity index (χ2v) is 5.33. The summed E-state index contributed by atoms with van der Waals surface area (Å²) in [5.74, 6) is -0.304. The highest BCUT2D eigenvalue weighted by atomic mass is 16.6. The van der Waals surface area contributed by atoms with Gasteiger partial charge in [0.05, 0.1) is 7.11 Å². The van der Waals surface area contributed by atoms with Crippen molar-refractivity contribution in [3.05, 3.63) is 0 Å². The number of esters is 1. The molecule has 0 aliphatic carbocycles. The molecule has 0 saturated heterocycles. The second kappa shape index (κ2) is 10.4. The van der Waals surface area contributed by atoms with Gasteiger partial charge in [-0.25, -0.2) is 4.79 Å². The molecule has 0 rings (SSSR count). The molecule has 0 fully saturated rings. The van der Waals surface area contributed by atoms with Crippen LogP contribution in [-0.2, 0) is 14.3 Å². The number of rotatable bonds is 11. The summed E-state index contributed by atoms with van der Waals surface area (Å²) in [4.78, 5) is 11.4. The topological polar surface area (TPSA) is 35.5 Å². The smallest absolute Gasteiger partial charge is 0.337 e. The van der Waals surface area contributed by atoms with E-state index in [1.807, 2.05) is 0 Å². The molecule has 0 heterocycles. The van der Waals surface area contributed by atoms with E-state index in [-0.39, 0.29) is 5.97 Å². The van der Waals surface area contributed by atoms with Gasteiger partial charge in [0.2, 0.25) is 0 Å². The predicted octanol–water partition coefficient (Wildman–Crippen LogP) is 4.10. The van der Waals surface area contributed by atoms with Gasteiger partial charge in [-0.05, 0) is 20.3 Å². The van der Waals surface area contributed by atoms with Gasteiger partial charge in [-0.3, -0.25) is 0 Å². The molecule has 18 heavy (non-hydrogen) atoms. The average Bonchev–Trinajstić information content (AvgIpc) is 2.35. The number of methoxy groups -OCH3 is 1. The molecule has 108 valence electrons. The van der Waals surface area contributed by atoms with Crippen molar-refractivity contribution in [2.75, 3.05) is 13.7 Å². The van der Waals surface area contributed by atoms with Crippen LogP contribution >= 0.6 is 0 Å². The Kier molecular flexibility index (Phi) is 10.0. The Morgan fingerprint density at radius 2 is 1.44 bits per heavy atom. The van der Waals surface area contributed by atoms with Crippen LogP contribution in [0.25, 0.3) is 0 Å². The summed E-state index contributed by atoms with van der Waals surface area (Å²) < 4.78 is 10.2. The highest BCUT2D eigenvalue weighted by Crippen LogP contribution is 2.13. The third-order valence-corrected chi connectivity index (χ3v) is 3.14. The quantitative estimate of drug-likeness (QED) is 0.413. The van der Waals surface area contributed by atoms with E-state index in [0.717, 1.165) is 6.42 Å². The van der Waals surface area contributed by atoms with Gasteiger partial charge in [-0.15, -0.1) is 0 Å². The maximum atomic E-state index is 11.4. The maximum Gasteiger partial charge on any atom is 0.337 e. The fourth-order valence-electron chi connectivity index (χ4n) is 1.87. The van der Waals surface area contributed by atoms with Gasteiger partial charge in [-0.2, -0.15) is 0 Å². The van der Waals surface area contributed by atoms with Gasteiger partial charge < -0.3 is 9.47 Å². The van der Waals surface area contributed by atoms with Crippen LogP contribution < -0.4 is 0 Å². The molecular formula is C15H30O3. The first-order valence-corrected chi connectivity index (χ1v) is 7.27. The SMILES string of the molecule is CCCCCCCCCCOC(C)(C)C(=O)OC. The van der Waals surface area contributed by atoms with Crippen molar-refractivity contribution in [1.82, 2.24) is 0 Å². The van der Waals surface area contributed by atoms with Gasteiger partial charge in [-0.1, -0.05) is 51.9 Å². The van der Waals surface area contributed by atoms with Crippen LogP contribution in [-0.4, -0.2) is 25.3 Å². The fourth-order valence-corrected chi connectivity index (χ4v) is 1.87. The lowest BCUT2D eigenvalue weighted by atomic mass is 10.1. The Balaban J connectivity index is 3.37. The molecule has 0 N–H and O–H groups in total. The van der Waals surface area contributed by atoms with Gasteiger partial charge in [0.1, 0.15) is 0 Å². The molecule has 0 aromatic carbocycles. The third kappa shape index (κ3) is 8.51. The number of carbonyl (C=O) groups excluding carboxylic acids is 1. The summed E-state index contributed by atoms with van der Waals surface area (Å²) in [6.45, 7) is 6.38. The Labute approximate surface area is 112 Å². The lowest BCUT2D eigenvalue weighted by Gasteiger charge is -2.22. The minimum atomic E-state index is -0.810. The molecule has 0 atom stereocenters. The summed E-state index contributed by atoms with van der Waals surface area (Å²) in [5, 5.41) is 0. The molecule has 0 aliphatic rings. The molecule has 0 amide bonds. The van der Waals surface area contributed by atoms with Gasteiger partial charge in [0.15, 0.2) is 5.60 Å². The zero-order valence-electron chi connectivity index (χ0n) is 12.6. The van der Waals surface area contributed by atoms with Crippen molar-refractivity contribution in [2.45, 2.75) is 77.7 Å². The molecule has 0 bridgehead atoms. The van der Waals surface area contributed by atoms with Crippen molar-refractivity contribution in [2.24, 2.45) is 0 Å². The average molecular weight is 258 g/mol. The van der Waals surface area contributed by atoms with Gasteiger partial charge >= 0.3 is 5.97 Å². The summed E-state index contributed by atoms with van der Waals surface area (Å²) in [6.07, 6.45) is 10.2. The largest absolute Gasteiger partial charge is 0.467 e. The molecule has 0 spiro atoms. The predicted molar refractivity (Wildman–Crippen MR) is 74.7 cm³/mol. The molecule has 0 saturated carbocycles. The van der Waals surface area contributed by atoms with Crippen molar-refractivity contribution < 1.29 is 14.3 Å². The first-order valence-electron chi connectivity index (χ1n) is 7.27. The van der Waals surface area contributed by atoms with E-state index in [1.54, 1.807) is 13.8 Å². The highest BCUT2D eigenvalue weighted by molar-refractivity contribution is 5.78. The first kappa shape index (κ1) is 17.4. The lowest BCUT2D eigenvalue weighted by Crippen LogP contribution is -2.36.